The summed E-state index contributed by atoms with van der Waals surface area (Å²) in [6, 6.07) is 0. The van der Waals surface area contributed by atoms with Gasteiger partial charge in [0.15, 0.2) is 0 Å². The van der Waals surface area contributed by atoms with Gasteiger partial charge in [-0.25, -0.2) is 0 Å². The van der Waals surface area contributed by atoms with Crippen LogP contribution in [0.4, 0.5) is 0 Å². The van der Waals surface area contributed by atoms with Gasteiger partial charge >= 0.3 is 0 Å². The summed E-state index contributed by atoms with van der Waals surface area (Å²) < 4.78 is 4.55. The molecule has 1 amide bonds. The molecular formula is C5H12N2O2. The molecule has 0 aromatic heterocycles. The average Bonchev–Trinajstić information content (AvgIpc) is 1.85. The van der Waals surface area contributed by atoms with E-state index in [2.05, 4.69) is 10.1 Å². The molecule has 0 aromatic rings. The molecule has 0 bridgehead atoms. The second kappa shape index (κ2) is 5.53. The first-order chi connectivity index (χ1) is 4.31. The Morgan fingerprint density at radius 2 is 2.44 bits per heavy atom. The van der Waals surface area contributed by atoms with E-state index in [0.29, 0.717) is 13.1 Å². The Balaban J connectivity index is 3.06. The zero-order valence-electron chi connectivity index (χ0n) is 5.52. The summed E-state index contributed by atoms with van der Waals surface area (Å²) in [6.07, 6.45) is 0. The minimum Gasteiger partial charge on any atom is -0.375 e. The van der Waals surface area contributed by atoms with Gasteiger partial charge in [0.25, 0.3) is 0 Å². The highest BCUT2D eigenvalue weighted by Gasteiger charge is 1.94. The van der Waals surface area contributed by atoms with E-state index in [4.69, 9.17) is 5.73 Å². The molecule has 4 nitrogen and oxygen atoms in total. The lowest BCUT2D eigenvalue weighted by Crippen LogP contribution is -2.31. The lowest BCUT2D eigenvalue weighted by molar-refractivity contribution is -0.124. The number of hydrogen-bond donors (Lipinski definition) is 2. The van der Waals surface area contributed by atoms with E-state index in [1.807, 2.05) is 0 Å². The minimum atomic E-state index is -0.122. The normalized spacial score (nSPS) is 9.11. The molecule has 0 aromatic carbocycles. The molecule has 0 atom stereocenters. The van der Waals surface area contributed by atoms with Gasteiger partial charge in [-0.15, -0.1) is 0 Å². The number of carbonyl (C=O) groups is 1. The van der Waals surface area contributed by atoms with E-state index in [-0.39, 0.29) is 12.5 Å². The van der Waals surface area contributed by atoms with Crippen molar-refractivity contribution in [3.05, 3.63) is 0 Å². The zero-order valence-corrected chi connectivity index (χ0v) is 5.52. The molecule has 54 valence electrons. The third-order valence-electron chi connectivity index (χ3n) is 0.742. The van der Waals surface area contributed by atoms with E-state index in [0.717, 1.165) is 0 Å². The summed E-state index contributed by atoms with van der Waals surface area (Å²) >= 11 is 0. The molecule has 0 unspecified atom stereocenters. The predicted octanol–water partition coefficient (Wildman–Crippen LogP) is -1.29. The van der Waals surface area contributed by atoms with E-state index < -0.39 is 0 Å². The maximum atomic E-state index is 10.5. The van der Waals surface area contributed by atoms with Gasteiger partial charge in [0, 0.05) is 20.2 Å². The van der Waals surface area contributed by atoms with E-state index in [1.165, 1.54) is 7.11 Å². The fourth-order valence-corrected chi connectivity index (χ4v) is 0.394. The van der Waals surface area contributed by atoms with Crippen molar-refractivity contribution in [3.63, 3.8) is 0 Å². The number of ether oxygens (including phenoxy) is 1. The summed E-state index contributed by atoms with van der Waals surface area (Å²) in [4.78, 5) is 10.5. The largest absolute Gasteiger partial charge is 0.375 e. The number of carbonyl (C=O) groups excluding carboxylic acids is 1. The SMILES string of the molecule is COCC(=O)NCCN. The van der Waals surface area contributed by atoms with Crippen LogP contribution in [-0.4, -0.2) is 32.7 Å². The summed E-state index contributed by atoms with van der Waals surface area (Å²) in [6.45, 7) is 1.09. The molecule has 0 heterocycles. The highest BCUT2D eigenvalue weighted by atomic mass is 16.5. The molecule has 0 saturated carbocycles. The van der Waals surface area contributed by atoms with Crippen LogP contribution >= 0.6 is 0 Å². The van der Waals surface area contributed by atoms with Crippen LogP contribution in [0.3, 0.4) is 0 Å². The van der Waals surface area contributed by atoms with Crippen LogP contribution in [0.15, 0.2) is 0 Å². The van der Waals surface area contributed by atoms with Crippen molar-refractivity contribution in [2.24, 2.45) is 5.73 Å². The topological polar surface area (TPSA) is 64.3 Å². The van der Waals surface area contributed by atoms with Crippen LogP contribution in [0, 0.1) is 0 Å². The van der Waals surface area contributed by atoms with Crippen molar-refractivity contribution in [1.82, 2.24) is 5.32 Å². The molecule has 0 aliphatic carbocycles. The molecule has 3 N–H and O–H groups in total. The van der Waals surface area contributed by atoms with Gasteiger partial charge < -0.3 is 15.8 Å². The van der Waals surface area contributed by atoms with Gasteiger partial charge in [-0.2, -0.15) is 0 Å². The van der Waals surface area contributed by atoms with Crippen molar-refractivity contribution >= 4 is 5.91 Å². The molecule has 0 saturated heterocycles. The van der Waals surface area contributed by atoms with Crippen LogP contribution in [0.1, 0.15) is 0 Å². The third kappa shape index (κ3) is 5.26. The van der Waals surface area contributed by atoms with E-state index in [1.54, 1.807) is 0 Å². The summed E-state index contributed by atoms with van der Waals surface area (Å²) in [5.41, 5.74) is 5.12. The molecule has 4 heteroatoms. The van der Waals surface area contributed by atoms with Gasteiger partial charge in [0.1, 0.15) is 6.61 Å². The molecule has 0 fully saturated rings. The van der Waals surface area contributed by atoms with Gasteiger partial charge in [-0.3, -0.25) is 4.79 Å². The van der Waals surface area contributed by atoms with Crippen LogP contribution < -0.4 is 11.1 Å². The number of rotatable bonds is 4. The first-order valence-electron chi connectivity index (χ1n) is 2.77. The summed E-state index contributed by atoms with van der Waals surface area (Å²) in [7, 11) is 1.47. The van der Waals surface area contributed by atoms with Gasteiger partial charge in [-0.1, -0.05) is 0 Å². The van der Waals surface area contributed by atoms with Crippen molar-refractivity contribution in [1.29, 1.82) is 0 Å². The molecular weight excluding hydrogens is 120 g/mol. The fraction of sp³-hybridized carbons (Fsp3) is 0.800. The Bertz CT molecular complexity index is 85.0. The highest BCUT2D eigenvalue weighted by molar-refractivity contribution is 5.77. The Morgan fingerprint density at radius 1 is 1.78 bits per heavy atom. The maximum Gasteiger partial charge on any atom is 0.246 e. The standard InChI is InChI=1S/C5H12N2O2/c1-9-4-5(8)7-3-2-6/h2-4,6H2,1H3,(H,7,8). The number of nitrogens with two attached hydrogens (primary N) is 1. The fourth-order valence-electron chi connectivity index (χ4n) is 0.394. The van der Waals surface area contributed by atoms with Crippen LogP contribution in [-0.2, 0) is 9.53 Å². The molecule has 0 spiro atoms. The first kappa shape index (κ1) is 8.39. The predicted molar refractivity (Wildman–Crippen MR) is 33.9 cm³/mol. The maximum absolute atomic E-state index is 10.5. The molecule has 0 radical (unpaired) electrons. The third-order valence-corrected chi connectivity index (χ3v) is 0.742. The minimum absolute atomic E-state index is 0.111. The van der Waals surface area contributed by atoms with Gasteiger partial charge in [-0.05, 0) is 0 Å². The van der Waals surface area contributed by atoms with Crippen LogP contribution in [0.25, 0.3) is 0 Å². The van der Waals surface area contributed by atoms with Gasteiger partial charge in [0.2, 0.25) is 5.91 Å². The quantitative estimate of drug-likeness (QED) is 0.500. The second-order valence-corrected chi connectivity index (χ2v) is 1.57. The zero-order chi connectivity index (χ0) is 7.11. The lowest BCUT2D eigenvalue weighted by Gasteiger charge is -1.99. The number of hydrogen-bond acceptors (Lipinski definition) is 3. The number of amides is 1. The monoisotopic (exact) mass is 132 g/mol. The Morgan fingerprint density at radius 3 is 2.89 bits per heavy atom. The van der Waals surface area contributed by atoms with E-state index >= 15 is 0 Å². The lowest BCUT2D eigenvalue weighted by atomic mass is 10.6. The molecule has 0 aliphatic rings. The smallest absolute Gasteiger partial charge is 0.246 e. The summed E-state index contributed by atoms with van der Waals surface area (Å²) in [5, 5.41) is 2.54. The van der Waals surface area contributed by atoms with Crippen molar-refractivity contribution in [2.45, 2.75) is 0 Å². The number of methoxy groups -OCH3 is 1. The summed E-state index contributed by atoms with van der Waals surface area (Å²) in [5.74, 6) is -0.122. The molecule has 0 aliphatic heterocycles. The second-order valence-electron chi connectivity index (χ2n) is 1.57. The molecule has 0 rings (SSSR count). The van der Waals surface area contributed by atoms with Crippen molar-refractivity contribution in [3.8, 4) is 0 Å². The Labute approximate surface area is 54.4 Å². The van der Waals surface area contributed by atoms with Crippen molar-refractivity contribution in [2.75, 3.05) is 26.8 Å². The van der Waals surface area contributed by atoms with Crippen LogP contribution in [0.5, 0.6) is 0 Å². The average molecular weight is 132 g/mol. The first-order valence-corrected chi connectivity index (χ1v) is 2.77. The molecule has 9 heavy (non-hydrogen) atoms. The van der Waals surface area contributed by atoms with Crippen LogP contribution in [0.2, 0.25) is 0 Å². The van der Waals surface area contributed by atoms with E-state index in [9.17, 15) is 4.79 Å². The number of nitrogens with one attached hydrogen (secondary N) is 1. The van der Waals surface area contributed by atoms with Crippen molar-refractivity contribution < 1.29 is 9.53 Å². The Kier molecular flexibility index (Phi) is 5.15. The highest BCUT2D eigenvalue weighted by Crippen LogP contribution is 1.66. The van der Waals surface area contributed by atoms with Gasteiger partial charge in [0.05, 0.1) is 0 Å². The Hall–Kier alpha value is -0.610.